The third kappa shape index (κ3) is 7.01. The Bertz CT molecular complexity index is 1820. The second kappa shape index (κ2) is 12.8. The van der Waals surface area contributed by atoms with E-state index in [-0.39, 0.29) is 30.0 Å². The average molecular weight is 650 g/mol. The molecule has 0 atom stereocenters. The number of aromatic nitrogens is 1. The van der Waals surface area contributed by atoms with Crippen LogP contribution in [0, 0.1) is 5.82 Å². The molecule has 1 aromatic heterocycles. The number of ether oxygens (including phenoxy) is 2. The normalized spacial score (nSPS) is 15.8. The Morgan fingerprint density at radius 2 is 1.47 bits per heavy atom. The highest BCUT2D eigenvalue weighted by Crippen LogP contribution is 2.31. The van der Waals surface area contributed by atoms with Crippen molar-refractivity contribution >= 4 is 34.1 Å². The number of nitrogens with one attached hydrogen (secondary N) is 2. The summed E-state index contributed by atoms with van der Waals surface area (Å²) in [6.45, 7) is 1.96. The fraction of sp³-hybridized carbons (Fsp3) is 0.281. The number of hydrogen-bond acceptors (Lipinski definition) is 12. The zero-order valence-electron chi connectivity index (χ0n) is 24.9. The molecule has 0 saturated carbocycles. The smallest absolute Gasteiger partial charge is 0.349 e. The lowest BCUT2D eigenvalue weighted by molar-refractivity contribution is -0.487. The Morgan fingerprint density at radius 3 is 2.21 bits per heavy atom. The molecular formula is C32H32FN5O9. The van der Waals surface area contributed by atoms with Crippen LogP contribution >= 0.6 is 0 Å². The minimum absolute atomic E-state index is 0.0399. The van der Waals surface area contributed by atoms with Crippen LogP contribution in [0.1, 0.15) is 26.4 Å². The number of hydrogen-bond donors (Lipinski definition) is 7. The number of amides is 2. The van der Waals surface area contributed by atoms with Crippen LogP contribution in [0.25, 0.3) is 10.9 Å². The van der Waals surface area contributed by atoms with E-state index in [0.29, 0.717) is 66.5 Å². The van der Waals surface area contributed by atoms with E-state index in [4.69, 9.17) is 9.47 Å². The Balaban J connectivity index is 1.08. The molecule has 1 saturated heterocycles. The molecule has 3 aromatic carbocycles. The molecule has 0 bridgehead atoms. The van der Waals surface area contributed by atoms with Gasteiger partial charge in [0, 0.05) is 54.9 Å². The summed E-state index contributed by atoms with van der Waals surface area (Å²) < 4.78 is 25.7. The first-order valence-corrected chi connectivity index (χ1v) is 14.7. The number of carbonyl (C=O) groups is 2. The lowest BCUT2D eigenvalue weighted by atomic mass is 10.1. The van der Waals surface area contributed by atoms with Crippen LogP contribution in [0.2, 0.25) is 0 Å². The molecule has 3 heterocycles. The lowest BCUT2D eigenvalue weighted by Gasteiger charge is -2.43. The average Bonchev–Trinajstić information content (AvgIpc) is 3.05. The fourth-order valence-corrected chi connectivity index (χ4v) is 5.34. The quantitative estimate of drug-likeness (QED) is 0.134. The molecule has 4 aromatic rings. The summed E-state index contributed by atoms with van der Waals surface area (Å²) in [7, 11) is 0. The van der Waals surface area contributed by atoms with Crippen molar-refractivity contribution in [3.8, 4) is 11.5 Å². The summed E-state index contributed by atoms with van der Waals surface area (Å²) in [5, 5.41) is 53.4. The number of aliphatic hydroxyl groups is 5. The number of pyridine rings is 1. The number of piperazine rings is 1. The van der Waals surface area contributed by atoms with Crippen LogP contribution in [0.3, 0.4) is 0 Å². The van der Waals surface area contributed by atoms with Gasteiger partial charge in [0.1, 0.15) is 19.0 Å². The molecule has 15 heteroatoms. The van der Waals surface area contributed by atoms with E-state index in [1.165, 1.54) is 12.1 Å². The first-order valence-electron chi connectivity index (χ1n) is 14.7. The third-order valence-electron chi connectivity index (χ3n) is 7.93. The molecule has 0 aliphatic carbocycles. The van der Waals surface area contributed by atoms with Gasteiger partial charge in [-0.1, -0.05) is 6.07 Å². The van der Waals surface area contributed by atoms with Crippen LogP contribution in [0.15, 0.2) is 66.7 Å². The van der Waals surface area contributed by atoms with E-state index in [9.17, 15) is 39.5 Å². The molecule has 7 N–H and O–H groups in total. The highest BCUT2D eigenvalue weighted by atomic mass is 19.1. The topological polar surface area (TPSA) is 197 Å². The Kier molecular flexibility index (Phi) is 8.78. The van der Waals surface area contributed by atoms with Gasteiger partial charge < -0.3 is 45.6 Å². The van der Waals surface area contributed by atoms with Crippen LogP contribution in [0.5, 0.6) is 11.5 Å². The molecule has 2 amide bonds. The van der Waals surface area contributed by atoms with Gasteiger partial charge in [0.05, 0.1) is 16.9 Å². The molecule has 0 radical (unpaired) electrons. The summed E-state index contributed by atoms with van der Waals surface area (Å²) >= 11 is 0. The molecule has 1 fully saturated rings. The van der Waals surface area contributed by atoms with Gasteiger partial charge in [0.15, 0.2) is 11.5 Å². The highest BCUT2D eigenvalue weighted by Gasteiger charge is 2.52. The second-order valence-electron chi connectivity index (χ2n) is 11.2. The fourth-order valence-electron chi connectivity index (χ4n) is 5.34. The molecule has 14 nitrogen and oxygen atoms in total. The van der Waals surface area contributed by atoms with Crippen molar-refractivity contribution in [1.29, 1.82) is 0 Å². The number of fused-ring (bicyclic) bond motifs is 2. The van der Waals surface area contributed by atoms with Gasteiger partial charge in [0.2, 0.25) is 0 Å². The van der Waals surface area contributed by atoms with Crippen LogP contribution < -0.4 is 20.1 Å². The van der Waals surface area contributed by atoms with E-state index in [2.05, 4.69) is 15.6 Å². The highest BCUT2D eigenvalue weighted by molar-refractivity contribution is 6.07. The van der Waals surface area contributed by atoms with E-state index < -0.39 is 29.5 Å². The maximum absolute atomic E-state index is 14.7. The van der Waals surface area contributed by atoms with E-state index in [1.807, 2.05) is 4.90 Å². The molecule has 47 heavy (non-hydrogen) atoms. The predicted octanol–water partition coefficient (Wildman–Crippen LogP) is 1.04. The first kappa shape index (κ1) is 32.2. The van der Waals surface area contributed by atoms with E-state index in [0.717, 1.165) is 11.0 Å². The minimum Gasteiger partial charge on any atom is -0.486 e. The van der Waals surface area contributed by atoms with Crippen LogP contribution in [-0.4, -0.2) is 103 Å². The Hall–Kier alpha value is -4.74. The second-order valence-corrected chi connectivity index (χ2v) is 11.2. The molecule has 0 unspecified atom stereocenters. The molecule has 6 rings (SSSR count). The van der Waals surface area contributed by atoms with Gasteiger partial charge >= 0.3 is 11.9 Å². The zero-order valence-corrected chi connectivity index (χ0v) is 24.9. The van der Waals surface area contributed by atoms with Gasteiger partial charge in [-0.3, -0.25) is 19.5 Å². The standard InChI is InChI=1S/C32H32FN5O9/c33-24-6-5-22(35-29(39)21-3-8-27-28(16-21)47-14-13-46-27)17-26(24)36-30(40)20-2-7-25-19(15-20)1-4-23(34-25)18-37-9-11-38(12-10-37)31(41,42)32(43,44)45/h1-8,15-17,41-45H,9-14,18H2,(H,35,39)(H,36,40). The molecule has 2 aliphatic heterocycles. The monoisotopic (exact) mass is 649 g/mol. The number of anilines is 2. The number of carbonyl (C=O) groups excluding carboxylic acids is 2. The zero-order chi connectivity index (χ0) is 33.3. The van der Waals surface area contributed by atoms with Crippen molar-refractivity contribution in [2.24, 2.45) is 0 Å². The Labute approximate surface area is 267 Å². The number of nitrogens with zero attached hydrogens (tertiary/aromatic N) is 3. The lowest BCUT2D eigenvalue weighted by Crippen LogP contribution is -2.68. The first-order chi connectivity index (χ1) is 22.4. The van der Waals surface area contributed by atoms with E-state index in [1.54, 1.807) is 48.5 Å². The van der Waals surface area contributed by atoms with Gasteiger partial charge in [-0.15, -0.1) is 0 Å². The van der Waals surface area contributed by atoms with Crippen molar-refractivity contribution in [2.45, 2.75) is 18.4 Å². The molecule has 246 valence electrons. The minimum atomic E-state index is -3.70. The predicted molar refractivity (Wildman–Crippen MR) is 165 cm³/mol. The summed E-state index contributed by atoms with van der Waals surface area (Å²) in [5.41, 5.74) is 2.05. The van der Waals surface area contributed by atoms with Gasteiger partial charge in [-0.25, -0.2) is 9.29 Å². The van der Waals surface area contributed by atoms with Gasteiger partial charge in [0.25, 0.3) is 11.8 Å². The SMILES string of the molecule is O=C(Nc1ccc(F)c(NC(=O)c2ccc3nc(CN4CCN(C(O)(O)C(O)(O)O)CC4)ccc3c2)c1)c1ccc2c(c1)OCCO2. The number of halogens is 1. The van der Waals surface area contributed by atoms with Crippen LogP contribution in [0.4, 0.5) is 15.8 Å². The van der Waals surface area contributed by atoms with Gasteiger partial charge in [-0.2, -0.15) is 0 Å². The van der Waals surface area contributed by atoms with Gasteiger partial charge in [-0.05, 0) is 60.7 Å². The summed E-state index contributed by atoms with van der Waals surface area (Å²) in [6, 6.07) is 17.1. The summed E-state index contributed by atoms with van der Waals surface area (Å²) in [4.78, 5) is 33.5. The molecule has 2 aliphatic rings. The number of benzene rings is 3. The number of rotatable bonds is 8. The maximum atomic E-state index is 14.7. The molecular weight excluding hydrogens is 617 g/mol. The Morgan fingerprint density at radius 1 is 0.787 bits per heavy atom. The summed E-state index contributed by atoms with van der Waals surface area (Å²) in [6.07, 6.45) is 0. The molecule has 0 spiro atoms. The summed E-state index contributed by atoms with van der Waals surface area (Å²) in [5.74, 6) is -7.62. The van der Waals surface area contributed by atoms with Crippen molar-refractivity contribution in [2.75, 3.05) is 50.0 Å². The largest absolute Gasteiger partial charge is 0.486 e. The van der Waals surface area contributed by atoms with Crippen molar-refractivity contribution in [3.63, 3.8) is 0 Å². The van der Waals surface area contributed by atoms with Crippen molar-refractivity contribution in [1.82, 2.24) is 14.8 Å². The van der Waals surface area contributed by atoms with Crippen molar-refractivity contribution < 1.29 is 49.0 Å². The third-order valence-corrected chi connectivity index (χ3v) is 7.93. The maximum Gasteiger partial charge on any atom is 0.349 e. The van der Waals surface area contributed by atoms with Crippen molar-refractivity contribution in [3.05, 3.63) is 89.4 Å². The van der Waals surface area contributed by atoms with E-state index >= 15 is 0 Å². The van der Waals surface area contributed by atoms with Crippen LogP contribution in [-0.2, 0) is 6.54 Å².